The molecule has 0 amide bonds. The van der Waals surface area contributed by atoms with Gasteiger partial charge in [-0.2, -0.15) is 8.42 Å². The fourth-order valence-corrected chi connectivity index (χ4v) is 0.387. The molecule has 0 fully saturated rings. The van der Waals surface area contributed by atoms with Gasteiger partial charge in [-0.05, 0) is 6.92 Å². The zero-order valence-corrected chi connectivity index (χ0v) is 4.81. The molecular formula is C3H5O4S. The predicted molar refractivity (Wildman–Crippen MR) is 26.5 cm³/mol. The summed E-state index contributed by atoms with van der Waals surface area (Å²) in [7, 11) is -4.45. The second-order valence-electron chi connectivity index (χ2n) is 1.10. The van der Waals surface area contributed by atoms with E-state index in [1.165, 1.54) is 0 Å². The highest BCUT2D eigenvalue weighted by atomic mass is 32.2. The highest BCUT2D eigenvalue weighted by Crippen LogP contribution is 1.87. The van der Waals surface area contributed by atoms with Crippen molar-refractivity contribution in [1.29, 1.82) is 0 Å². The molecule has 0 aromatic carbocycles. The smallest absolute Gasteiger partial charge is 0.280 e. The largest absolute Gasteiger partial charge is 0.328 e. The Balaban J connectivity index is 4.29. The zero-order valence-electron chi connectivity index (χ0n) is 3.99. The van der Waals surface area contributed by atoms with E-state index in [1.807, 2.05) is 0 Å². The number of rotatable bonds is 1. The lowest BCUT2D eigenvalue weighted by atomic mass is 10.6. The van der Waals surface area contributed by atoms with Gasteiger partial charge in [0.15, 0.2) is 0 Å². The fourth-order valence-electron chi connectivity index (χ4n) is 0.129. The van der Waals surface area contributed by atoms with Gasteiger partial charge in [0, 0.05) is 6.42 Å². The van der Waals surface area contributed by atoms with Crippen LogP contribution in [0.25, 0.3) is 0 Å². The van der Waals surface area contributed by atoms with Gasteiger partial charge in [-0.25, -0.2) is 0 Å². The Hall–Kier alpha value is -0.420. The van der Waals surface area contributed by atoms with Crippen LogP contribution in [-0.2, 0) is 14.9 Å². The lowest BCUT2D eigenvalue weighted by molar-refractivity contribution is -0.111. The predicted octanol–water partition coefficient (Wildman–Crippen LogP) is -0.375. The van der Waals surface area contributed by atoms with E-state index in [1.54, 1.807) is 0 Å². The van der Waals surface area contributed by atoms with Crippen molar-refractivity contribution in [2.24, 2.45) is 0 Å². The summed E-state index contributed by atoms with van der Waals surface area (Å²) in [6, 6.07) is 0. The van der Waals surface area contributed by atoms with Crippen molar-refractivity contribution in [2.75, 3.05) is 0 Å². The van der Waals surface area contributed by atoms with Crippen LogP contribution in [0.4, 0.5) is 0 Å². The van der Waals surface area contributed by atoms with Crippen LogP contribution in [0.15, 0.2) is 0 Å². The number of hydrogen-bond donors (Lipinski definition) is 1. The Kier molecular flexibility index (Phi) is 2.12. The van der Waals surface area contributed by atoms with Crippen molar-refractivity contribution < 1.29 is 17.8 Å². The lowest BCUT2D eigenvalue weighted by Gasteiger charge is -1.85. The number of carbonyl (C=O) groups excluding carboxylic acids is 1. The van der Waals surface area contributed by atoms with Crippen molar-refractivity contribution in [2.45, 2.75) is 6.42 Å². The summed E-state index contributed by atoms with van der Waals surface area (Å²) in [6.45, 7) is 2.96. The van der Waals surface area contributed by atoms with Gasteiger partial charge >= 0.3 is 10.1 Å². The van der Waals surface area contributed by atoms with Crippen LogP contribution < -0.4 is 0 Å². The van der Waals surface area contributed by atoms with Gasteiger partial charge in [-0.1, -0.05) is 0 Å². The maximum atomic E-state index is 9.93. The summed E-state index contributed by atoms with van der Waals surface area (Å²) < 4.78 is 27.3. The molecule has 1 radical (unpaired) electrons. The molecule has 0 aromatic rings. The molecular weight excluding hydrogens is 132 g/mol. The number of hydrogen-bond acceptors (Lipinski definition) is 3. The monoisotopic (exact) mass is 137 g/mol. The Morgan fingerprint density at radius 2 is 2.00 bits per heavy atom. The van der Waals surface area contributed by atoms with E-state index in [-0.39, 0.29) is 0 Å². The molecule has 5 heteroatoms. The summed E-state index contributed by atoms with van der Waals surface area (Å²) >= 11 is 0. The van der Waals surface area contributed by atoms with Gasteiger partial charge in [-0.15, -0.1) is 0 Å². The maximum absolute atomic E-state index is 9.93. The van der Waals surface area contributed by atoms with E-state index < -0.39 is 21.7 Å². The molecule has 4 nitrogen and oxygen atoms in total. The van der Waals surface area contributed by atoms with Crippen molar-refractivity contribution in [3.63, 3.8) is 0 Å². The Morgan fingerprint density at radius 3 is 2.00 bits per heavy atom. The second kappa shape index (κ2) is 2.23. The normalized spacial score (nSPS) is 11.2. The average Bonchev–Trinajstić information content (AvgIpc) is 1.62. The molecule has 8 heavy (non-hydrogen) atoms. The quantitative estimate of drug-likeness (QED) is 0.500. The fraction of sp³-hybridized carbons (Fsp3) is 0.333. The van der Waals surface area contributed by atoms with Gasteiger partial charge in [0.05, 0.1) is 0 Å². The molecule has 0 aliphatic carbocycles. The molecule has 0 spiro atoms. The summed E-state index contributed by atoms with van der Waals surface area (Å²) in [5, 5.41) is -1.25. The Bertz CT molecular complexity index is 177. The standard InChI is InChI=1S/C3H5O4S/c1-2-3(4)8(5,6)7/h1-2H2,(H,5,6,7). The van der Waals surface area contributed by atoms with E-state index in [2.05, 4.69) is 6.92 Å². The van der Waals surface area contributed by atoms with Crippen LogP contribution in [0.5, 0.6) is 0 Å². The summed E-state index contributed by atoms with van der Waals surface area (Å²) in [4.78, 5) is 9.93. The molecule has 0 aromatic heterocycles. The molecule has 0 bridgehead atoms. The minimum atomic E-state index is -4.45. The third-order valence-corrected chi connectivity index (χ3v) is 1.27. The molecule has 47 valence electrons. The van der Waals surface area contributed by atoms with Gasteiger partial charge in [0.2, 0.25) is 0 Å². The Morgan fingerprint density at radius 1 is 1.62 bits per heavy atom. The molecule has 1 N–H and O–H groups in total. The van der Waals surface area contributed by atoms with Gasteiger partial charge in [0.1, 0.15) is 0 Å². The van der Waals surface area contributed by atoms with Crippen LogP contribution in [0, 0.1) is 6.92 Å². The molecule has 0 aliphatic rings. The second-order valence-corrected chi connectivity index (χ2v) is 2.50. The summed E-state index contributed by atoms with van der Waals surface area (Å²) in [6.07, 6.45) is -0.432. The minimum absolute atomic E-state index is 0.432. The molecule has 0 unspecified atom stereocenters. The van der Waals surface area contributed by atoms with Crippen molar-refractivity contribution in [3.8, 4) is 0 Å². The highest BCUT2D eigenvalue weighted by Gasteiger charge is 2.13. The SMILES string of the molecule is [CH2]CC(=O)S(=O)(=O)O. The van der Waals surface area contributed by atoms with Crippen LogP contribution in [-0.4, -0.2) is 18.1 Å². The van der Waals surface area contributed by atoms with Crippen molar-refractivity contribution in [3.05, 3.63) is 6.92 Å². The molecule has 0 saturated heterocycles. The Labute approximate surface area is 47.3 Å². The average molecular weight is 137 g/mol. The lowest BCUT2D eigenvalue weighted by Crippen LogP contribution is -2.10. The van der Waals surface area contributed by atoms with E-state index >= 15 is 0 Å². The van der Waals surface area contributed by atoms with E-state index in [4.69, 9.17) is 4.55 Å². The van der Waals surface area contributed by atoms with Crippen LogP contribution in [0.2, 0.25) is 0 Å². The zero-order chi connectivity index (χ0) is 6.78. The van der Waals surface area contributed by atoms with Gasteiger partial charge < -0.3 is 0 Å². The van der Waals surface area contributed by atoms with Gasteiger partial charge in [0.25, 0.3) is 5.12 Å². The van der Waals surface area contributed by atoms with Crippen LogP contribution in [0.1, 0.15) is 6.42 Å². The summed E-state index contributed by atoms with van der Waals surface area (Å²) in [5.41, 5.74) is 0. The first-order valence-corrected chi connectivity index (χ1v) is 3.22. The maximum Gasteiger partial charge on any atom is 0.328 e. The first-order valence-electron chi connectivity index (χ1n) is 1.78. The third kappa shape index (κ3) is 2.04. The molecule has 0 heterocycles. The highest BCUT2D eigenvalue weighted by molar-refractivity contribution is 8.01. The molecule has 0 aliphatic heterocycles. The third-order valence-electron chi connectivity index (χ3n) is 0.492. The summed E-state index contributed by atoms with van der Waals surface area (Å²) in [5.74, 6) is 0. The molecule has 0 rings (SSSR count). The van der Waals surface area contributed by atoms with E-state index in [0.29, 0.717) is 0 Å². The van der Waals surface area contributed by atoms with Gasteiger partial charge in [-0.3, -0.25) is 9.35 Å². The number of carbonyl (C=O) groups is 1. The van der Waals surface area contributed by atoms with Crippen LogP contribution in [0.3, 0.4) is 0 Å². The minimum Gasteiger partial charge on any atom is -0.280 e. The van der Waals surface area contributed by atoms with Crippen molar-refractivity contribution >= 4 is 15.2 Å². The first kappa shape index (κ1) is 7.58. The van der Waals surface area contributed by atoms with E-state index in [9.17, 15) is 13.2 Å². The first-order chi connectivity index (χ1) is 3.48. The van der Waals surface area contributed by atoms with Crippen LogP contribution >= 0.6 is 0 Å². The molecule has 0 atom stereocenters. The van der Waals surface area contributed by atoms with E-state index in [0.717, 1.165) is 0 Å². The molecule has 0 saturated carbocycles. The topological polar surface area (TPSA) is 71.4 Å². The van der Waals surface area contributed by atoms with Crippen molar-refractivity contribution in [1.82, 2.24) is 0 Å².